The van der Waals surface area contributed by atoms with Crippen LogP contribution in [-0.4, -0.2) is 41.4 Å². The van der Waals surface area contributed by atoms with E-state index in [1.54, 1.807) is 6.07 Å². The van der Waals surface area contributed by atoms with Crippen molar-refractivity contribution in [3.05, 3.63) is 53.5 Å². The zero-order valence-electron chi connectivity index (χ0n) is 18.1. The molecule has 1 saturated heterocycles. The lowest BCUT2D eigenvalue weighted by atomic mass is 9.76. The van der Waals surface area contributed by atoms with Crippen LogP contribution in [0, 0.1) is 6.92 Å². The number of ether oxygens (including phenoxy) is 1. The van der Waals surface area contributed by atoms with Crippen molar-refractivity contribution in [2.24, 2.45) is 0 Å². The monoisotopic (exact) mass is 422 g/mol. The Morgan fingerprint density at radius 1 is 1.13 bits per heavy atom. The van der Waals surface area contributed by atoms with Crippen LogP contribution < -0.4 is 10.1 Å². The predicted molar refractivity (Wildman–Crippen MR) is 116 cm³/mol. The van der Waals surface area contributed by atoms with Gasteiger partial charge in [-0.3, -0.25) is 9.59 Å². The number of hydrogen-bond donors (Lipinski definition) is 1. The summed E-state index contributed by atoms with van der Waals surface area (Å²) in [6.07, 6.45) is 6.22. The van der Waals surface area contributed by atoms with E-state index in [-0.39, 0.29) is 23.3 Å². The van der Waals surface area contributed by atoms with Crippen molar-refractivity contribution in [3.63, 3.8) is 0 Å². The molecule has 5 rings (SSSR count). The average Bonchev–Trinajstić information content (AvgIpc) is 3.17. The highest BCUT2D eigenvalue weighted by Crippen LogP contribution is 2.46. The molecule has 1 aliphatic carbocycles. The molecule has 1 unspecified atom stereocenters. The number of furan rings is 1. The minimum atomic E-state index is -0.328. The van der Waals surface area contributed by atoms with Crippen molar-refractivity contribution >= 4 is 11.8 Å². The molecule has 0 radical (unpaired) electrons. The van der Waals surface area contributed by atoms with Crippen LogP contribution in [0.25, 0.3) is 0 Å². The van der Waals surface area contributed by atoms with E-state index in [0.717, 1.165) is 49.2 Å². The van der Waals surface area contributed by atoms with Gasteiger partial charge in [-0.15, -0.1) is 0 Å². The summed E-state index contributed by atoms with van der Waals surface area (Å²) in [5, 5.41) is 3.18. The maximum Gasteiger partial charge on any atom is 0.289 e. The first-order chi connectivity index (χ1) is 15.0. The first-order valence-electron chi connectivity index (χ1n) is 11.4. The summed E-state index contributed by atoms with van der Waals surface area (Å²) in [6, 6.07) is 12.0. The third-order valence-corrected chi connectivity index (χ3v) is 7.12. The van der Waals surface area contributed by atoms with Crippen LogP contribution in [0.3, 0.4) is 0 Å². The molecular formula is C25H30N2O4. The number of rotatable bonds is 4. The molecule has 3 aliphatic rings. The number of hydrogen-bond acceptors (Lipinski definition) is 4. The summed E-state index contributed by atoms with van der Waals surface area (Å²) in [7, 11) is 0. The van der Waals surface area contributed by atoms with E-state index in [1.165, 1.54) is 6.42 Å². The molecule has 2 fully saturated rings. The van der Waals surface area contributed by atoms with Gasteiger partial charge in [0.2, 0.25) is 5.91 Å². The fourth-order valence-corrected chi connectivity index (χ4v) is 5.12. The number of carbonyl (C=O) groups is 2. The minimum Gasteiger partial charge on any atom is -0.487 e. The Kier molecular flexibility index (Phi) is 5.24. The molecule has 1 spiro atoms. The largest absolute Gasteiger partial charge is 0.487 e. The molecule has 6 nitrogen and oxygen atoms in total. The fourth-order valence-electron chi connectivity index (χ4n) is 5.12. The highest BCUT2D eigenvalue weighted by Gasteiger charge is 2.44. The number of amides is 2. The lowest BCUT2D eigenvalue weighted by Crippen LogP contribution is -2.52. The number of para-hydroxylation sites is 1. The SMILES string of the molecule is Cc1ccc(C(=O)N2CCC3(CC2)CC(CC(=O)NC2CCC2)c2ccccc2O3)o1. The fraction of sp³-hybridized carbons (Fsp3) is 0.520. The van der Waals surface area contributed by atoms with E-state index in [0.29, 0.717) is 31.3 Å². The van der Waals surface area contributed by atoms with Gasteiger partial charge in [-0.1, -0.05) is 18.2 Å². The number of fused-ring (bicyclic) bond motifs is 1. The highest BCUT2D eigenvalue weighted by molar-refractivity contribution is 5.91. The second-order valence-electron chi connectivity index (χ2n) is 9.33. The minimum absolute atomic E-state index is 0.0596. The standard InChI is InChI=1S/C25H30N2O4/c1-17-9-10-22(30-17)24(29)27-13-11-25(12-14-27)16-18(15-23(28)26-19-5-4-6-19)20-7-2-3-8-21(20)31-25/h2-3,7-10,18-19H,4-6,11-16H2,1H3,(H,26,28). The van der Waals surface area contributed by atoms with Gasteiger partial charge in [0.1, 0.15) is 17.1 Å². The van der Waals surface area contributed by atoms with Crippen molar-refractivity contribution in [1.29, 1.82) is 0 Å². The Hall–Kier alpha value is -2.76. The van der Waals surface area contributed by atoms with Crippen LogP contribution in [0.2, 0.25) is 0 Å². The number of aryl methyl sites for hydroxylation is 1. The zero-order valence-corrected chi connectivity index (χ0v) is 18.1. The van der Waals surface area contributed by atoms with Gasteiger partial charge >= 0.3 is 0 Å². The summed E-state index contributed by atoms with van der Waals surface area (Å²) in [4.78, 5) is 27.3. The third kappa shape index (κ3) is 4.08. The molecular weight excluding hydrogens is 392 g/mol. The molecule has 6 heteroatoms. The molecule has 1 saturated carbocycles. The maximum atomic E-state index is 12.8. The Morgan fingerprint density at radius 3 is 2.58 bits per heavy atom. The number of benzene rings is 1. The first-order valence-corrected chi connectivity index (χ1v) is 11.4. The Bertz CT molecular complexity index is 969. The van der Waals surface area contributed by atoms with Crippen LogP contribution in [0.5, 0.6) is 5.75 Å². The van der Waals surface area contributed by atoms with Gasteiger partial charge in [0.05, 0.1) is 0 Å². The van der Waals surface area contributed by atoms with Crippen LogP contribution in [0.15, 0.2) is 40.8 Å². The normalized spacial score (nSPS) is 22.4. The number of carbonyl (C=O) groups excluding carboxylic acids is 2. The molecule has 1 N–H and O–H groups in total. The van der Waals surface area contributed by atoms with E-state index in [9.17, 15) is 9.59 Å². The van der Waals surface area contributed by atoms with Crippen LogP contribution >= 0.6 is 0 Å². The van der Waals surface area contributed by atoms with Crippen molar-refractivity contribution in [1.82, 2.24) is 10.2 Å². The molecule has 2 aliphatic heterocycles. The molecule has 2 aromatic rings. The van der Waals surface area contributed by atoms with Crippen LogP contribution in [-0.2, 0) is 4.79 Å². The van der Waals surface area contributed by atoms with Crippen LogP contribution in [0.1, 0.15) is 72.7 Å². The van der Waals surface area contributed by atoms with Crippen LogP contribution in [0.4, 0.5) is 0 Å². The number of nitrogens with zero attached hydrogens (tertiary/aromatic N) is 1. The lowest BCUT2D eigenvalue weighted by Gasteiger charge is -2.46. The van der Waals surface area contributed by atoms with Crippen molar-refractivity contribution in [2.45, 2.75) is 69.4 Å². The molecule has 2 amide bonds. The summed E-state index contributed by atoms with van der Waals surface area (Å²) < 4.78 is 12.1. The highest BCUT2D eigenvalue weighted by atomic mass is 16.5. The van der Waals surface area contributed by atoms with E-state index in [2.05, 4.69) is 11.4 Å². The van der Waals surface area contributed by atoms with E-state index in [1.807, 2.05) is 36.1 Å². The second kappa shape index (κ2) is 8.06. The zero-order chi connectivity index (χ0) is 21.4. The van der Waals surface area contributed by atoms with Crippen molar-refractivity contribution < 1.29 is 18.7 Å². The topological polar surface area (TPSA) is 71.8 Å². The van der Waals surface area contributed by atoms with Gasteiger partial charge in [-0.2, -0.15) is 0 Å². The van der Waals surface area contributed by atoms with Gasteiger partial charge < -0.3 is 19.4 Å². The lowest BCUT2D eigenvalue weighted by molar-refractivity contribution is -0.123. The Labute approximate surface area is 182 Å². The van der Waals surface area contributed by atoms with Gasteiger partial charge in [-0.25, -0.2) is 0 Å². The summed E-state index contributed by atoms with van der Waals surface area (Å²) in [6.45, 7) is 3.10. The molecule has 3 heterocycles. The van der Waals surface area contributed by atoms with E-state index < -0.39 is 0 Å². The van der Waals surface area contributed by atoms with Gasteiger partial charge in [0, 0.05) is 44.3 Å². The number of nitrogens with one attached hydrogen (secondary N) is 1. The molecule has 1 aromatic carbocycles. The quantitative estimate of drug-likeness (QED) is 0.802. The molecule has 1 aromatic heterocycles. The van der Waals surface area contributed by atoms with E-state index >= 15 is 0 Å². The van der Waals surface area contributed by atoms with Gasteiger partial charge in [0.15, 0.2) is 5.76 Å². The Morgan fingerprint density at radius 2 is 1.90 bits per heavy atom. The summed E-state index contributed by atoms with van der Waals surface area (Å²) in [5.41, 5.74) is 0.799. The number of piperidine rings is 1. The molecule has 31 heavy (non-hydrogen) atoms. The molecule has 0 bridgehead atoms. The average molecular weight is 423 g/mol. The summed E-state index contributed by atoms with van der Waals surface area (Å²) in [5.74, 6) is 2.25. The van der Waals surface area contributed by atoms with Crippen molar-refractivity contribution in [3.8, 4) is 5.75 Å². The smallest absolute Gasteiger partial charge is 0.289 e. The summed E-state index contributed by atoms with van der Waals surface area (Å²) >= 11 is 0. The van der Waals surface area contributed by atoms with Gasteiger partial charge in [-0.05, 0) is 56.4 Å². The second-order valence-corrected chi connectivity index (χ2v) is 9.33. The maximum absolute atomic E-state index is 12.8. The van der Waals surface area contributed by atoms with Crippen molar-refractivity contribution in [2.75, 3.05) is 13.1 Å². The number of likely N-dealkylation sites (tertiary alicyclic amines) is 1. The predicted octanol–water partition coefficient (Wildman–Crippen LogP) is 4.19. The first kappa shape index (κ1) is 20.2. The molecule has 164 valence electrons. The van der Waals surface area contributed by atoms with E-state index in [4.69, 9.17) is 9.15 Å². The molecule has 1 atom stereocenters. The van der Waals surface area contributed by atoms with Gasteiger partial charge in [0.25, 0.3) is 5.91 Å². The Balaban J connectivity index is 1.28. The third-order valence-electron chi connectivity index (χ3n) is 7.12.